The third-order valence-electron chi connectivity index (χ3n) is 5.39. The molecule has 0 radical (unpaired) electrons. The Morgan fingerprint density at radius 1 is 0.733 bits per heavy atom. The number of alkyl halides is 3. The summed E-state index contributed by atoms with van der Waals surface area (Å²) in [6, 6.07) is 20.5. The SMILES string of the molecule is Nc1ccccc1C1=CC(c2ccccc2C(F)(F)F)CC(c2ccccc2N)=C1. The van der Waals surface area contributed by atoms with Gasteiger partial charge in [0.25, 0.3) is 0 Å². The first kappa shape index (κ1) is 19.8. The fraction of sp³-hybridized carbons (Fsp3) is 0.120. The number of halogens is 3. The molecule has 0 spiro atoms. The summed E-state index contributed by atoms with van der Waals surface area (Å²) in [6.45, 7) is 0. The lowest BCUT2D eigenvalue weighted by Crippen LogP contribution is -2.13. The highest BCUT2D eigenvalue weighted by atomic mass is 19.4. The van der Waals surface area contributed by atoms with Crippen molar-refractivity contribution < 1.29 is 13.2 Å². The Morgan fingerprint density at radius 2 is 1.30 bits per heavy atom. The van der Waals surface area contributed by atoms with Gasteiger partial charge in [-0.05, 0) is 41.3 Å². The molecule has 1 unspecified atom stereocenters. The minimum Gasteiger partial charge on any atom is -0.398 e. The molecule has 0 saturated heterocycles. The van der Waals surface area contributed by atoms with Crippen LogP contribution >= 0.6 is 0 Å². The third-order valence-corrected chi connectivity index (χ3v) is 5.39. The number of benzene rings is 3. The van der Waals surface area contributed by atoms with Crippen LogP contribution in [0.4, 0.5) is 24.5 Å². The predicted octanol–water partition coefficient (Wildman–Crippen LogP) is 6.52. The van der Waals surface area contributed by atoms with Crippen LogP contribution in [0.25, 0.3) is 11.1 Å². The summed E-state index contributed by atoms with van der Waals surface area (Å²) in [6.07, 6.45) is -0.163. The Labute approximate surface area is 173 Å². The summed E-state index contributed by atoms with van der Waals surface area (Å²) in [5, 5.41) is 0. The number of para-hydroxylation sites is 2. The first-order valence-electron chi connectivity index (χ1n) is 9.63. The van der Waals surface area contributed by atoms with E-state index in [1.54, 1.807) is 24.3 Å². The molecule has 4 N–H and O–H groups in total. The molecular weight excluding hydrogens is 385 g/mol. The molecule has 1 aliphatic carbocycles. The Morgan fingerprint density at radius 3 is 1.93 bits per heavy atom. The van der Waals surface area contributed by atoms with Crippen LogP contribution < -0.4 is 11.5 Å². The number of anilines is 2. The maximum Gasteiger partial charge on any atom is 0.416 e. The predicted molar refractivity (Wildman–Crippen MR) is 116 cm³/mol. The molecule has 0 heterocycles. The van der Waals surface area contributed by atoms with Crippen molar-refractivity contribution >= 4 is 22.5 Å². The molecule has 0 saturated carbocycles. The Balaban J connectivity index is 1.89. The maximum atomic E-state index is 13.7. The first-order chi connectivity index (χ1) is 14.3. The molecular formula is C25H21F3N2. The fourth-order valence-corrected chi connectivity index (χ4v) is 3.99. The van der Waals surface area contributed by atoms with Crippen molar-refractivity contribution in [2.75, 3.05) is 11.5 Å². The van der Waals surface area contributed by atoms with E-state index in [1.165, 1.54) is 6.07 Å². The van der Waals surface area contributed by atoms with Gasteiger partial charge in [-0.2, -0.15) is 13.2 Å². The van der Waals surface area contributed by atoms with Crippen molar-refractivity contribution in [2.45, 2.75) is 18.5 Å². The van der Waals surface area contributed by atoms with Crippen LogP contribution in [0, 0.1) is 0 Å². The van der Waals surface area contributed by atoms with E-state index in [1.807, 2.05) is 48.6 Å². The summed E-state index contributed by atoms with van der Waals surface area (Å²) >= 11 is 0. The lowest BCUT2D eigenvalue weighted by Gasteiger charge is -2.26. The van der Waals surface area contributed by atoms with Gasteiger partial charge in [0.05, 0.1) is 5.56 Å². The molecule has 0 amide bonds. The van der Waals surface area contributed by atoms with E-state index < -0.39 is 17.7 Å². The molecule has 3 aromatic rings. The van der Waals surface area contributed by atoms with E-state index in [0.717, 1.165) is 28.3 Å². The number of hydrogen-bond donors (Lipinski definition) is 2. The zero-order valence-electron chi connectivity index (χ0n) is 16.2. The molecule has 1 atom stereocenters. The summed E-state index contributed by atoms with van der Waals surface area (Å²) in [5.41, 5.74) is 16.4. The summed E-state index contributed by atoms with van der Waals surface area (Å²) in [5.74, 6) is -0.461. The van der Waals surface area contributed by atoms with Gasteiger partial charge in [-0.15, -0.1) is 0 Å². The van der Waals surface area contributed by atoms with Crippen molar-refractivity contribution in [3.8, 4) is 0 Å². The van der Waals surface area contributed by atoms with Crippen LogP contribution in [0.3, 0.4) is 0 Å². The molecule has 30 heavy (non-hydrogen) atoms. The van der Waals surface area contributed by atoms with E-state index in [2.05, 4.69) is 0 Å². The lowest BCUT2D eigenvalue weighted by molar-refractivity contribution is -0.138. The minimum atomic E-state index is -4.43. The molecule has 0 aliphatic heterocycles. The second-order valence-corrected chi connectivity index (χ2v) is 7.36. The monoisotopic (exact) mass is 406 g/mol. The summed E-state index contributed by atoms with van der Waals surface area (Å²) < 4.78 is 41.1. The van der Waals surface area contributed by atoms with E-state index >= 15 is 0 Å². The maximum absolute atomic E-state index is 13.7. The number of nitrogen functional groups attached to an aromatic ring is 2. The van der Waals surface area contributed by atoms with E-state index in [9.17, 15) is 13.2 Å². The number of nitrogens with two attached hydrogens (primary N) is 2. The van der Waals surface area contributed by atoms with Gasteiger partial charge in [-0.1, -0.05) is 66.7 Å². The highest BCUT2D eigenvalue weighted by Gasteiger charge is 2.35. The molecule has 0 aromatic heterocycles. The number of rotatable bonds is 3. The largest absolute Gasteiger partial charge is 0.416 e. The standard InChI is InChI=1S/C25H21F3N2/c26-25(27,28)22-10-4-1-7-19(22)16-13-17(20-8-2-5-11-23(20)29)15-18(14-16)21-9-3-6-12-24(21)30/h1-13,15-16H,14,29-30H2. The lowest BCUT2D eigenvalue weighted by atomic mass is 9.79. The Kier molecular flexibility index (Phi) is 5.12. The van der Waals surface area contributed by atoms with Crippen molar-refractivity contribution in [1.29, 1.82) is 0 Å². The van der Waals surface area contributed by atoms with Crippen LogP contribution in [-0.4, -0.2) is 0 Å². The van der Waals surface area contributed by atoms with Crippen LogP contribution in [-0.2, 0) is 6.18 Å². The molecule has 0 fully saturated rings. The van der Waals surface area contributed by atoms with Crippen LogP contribution in [0.5, 0.6) is 0 Å². The van der Waals surface area contributed by atoms with E-state index in [4.69, 9.17) is 11.5 Å². The second kappa shape index (κ2) is 7.75. The van der Waals surface area contributed by atoms with Gasteiger partial charge in [0.1, 0.15) is 0 Å². The molecule has 3 aromatic carbocycles. The van der Waals surface area contributed by atoms with Gasteiger partial charge < -0.3 is 11.5 Å². The normalized spacial score (nSPS) is 16.7. The van der Waals surface area contributed by atoms with E-state index in [0.29, 0.717) is 17.8 Å². The molecule has 152 valence electrons. The van der Waals surface area contributed by atoms with Crippen molar-refractivity contribution in [3.05, 3.63) is 107 Å². The average Bonchev–Trinajstić information content (AvgIpc) is 2.73. The quantitative estimate of drug-likeness (QED) is 0.486. The molecule has 2 nitrogen and oxygen atoms in total. The van der Waals surface area contributed by atoms with Gasteiger partial charge in [0, 0.05) is 28.4 Å². The fourth-order valence-electron chi connectivity index (χ4n) is 3.99. The third kappa shape index (κ3) is 3.83. The van der Waals surface area contributed by atoms with Gasteiger partial charge >= 0.3 is 6.18 Å². The first-order valence-corrected chi connectivity index (χ1v) is 9.63. The van der Waals surface area contributed by atoms with Gasteiger partial charge in [0.15, 0.2) is 0 Å². The van der Waals surface area contributed by atoms with Crippen molar-refractivity contribution in [1.82, 2.24) is 0 Å². The highest BCUT2D eigenvalue weighted by molar-refractivity contribution is 5.92. The number of hydrogen-bond acceptors (Lipinski definition) is 2. The Bertz CT molecular complexity index is 1140. The van der Waals surface area contributed by atoms with Crippen molar-refractivity contribution in [3.63, 3.8) is 0 Å². The van der Waals surface area contributed by atoms with Crippen LogP contribution in [0.2, 0.25) is 0 Å². The topological polar surface area (TPSA) is 52.0 Å². The van der Waals surface area contributed by atoms with Gasteiger partial charge in [-0.3, -0.25) is 0 Å². The zero-order valence-corrected chi connectivity index (χ0v) is 16.2. The highest BCUT2D eigenvalue weighted by Crippen LogP contribution is 2.44. The molecule has 1 aliphatic rings. The molecule has 0 bridgehead atoms. The van der Waals surface area contributed by atoms with Crippen LogP contribution in [0.15, 0.2) is 84.9 Å². The summed E-state index contributed by atoms with van der Waals surface area (Å²) in [7, 11) is 0. The average molecular weight is 406 g/mol. The second-order valence-electron chi connectivity index (χ2n) is 7.36. The minimum absolute atomic E-state index is 0.247. The molecule has 5 heteroatoms. The smallest absolute Gasteiger partial charge is 0.398 e. The van der Waals surface area contributed by atoms with Gasteiger partial charge in [0.2, 0.25) is 0 Å². The van der Waals surface area contributed by atoms with Crippen LogP contribution in [0.1, 0.15) is 34.6 Å². The molecule has 4 rings (SSSR count). The Hall–Kier alpha value is -3.47. The van der Waals surface area contributed by atoms with Crippen molar-refractivity contribution in [2.24, 2.45) is 0 Å². The summed E-state index contributed by atoms with van der Waals surface area (Å²) in [4.78, 5) is 0. The van der Waals surface area contributed by atoms with Gasteiger partial charge in [-0.25, -0.2) is 0 Å². The number of allylic oxidation sites excluding steroid dienone is 4. The zero-order chi connectivity index (χ0) is 21.3. The van der Waals surface area contributed by atoms with E-state index in [-0.39, 0.29) is 5.56 Å².